The number of ether oxygens (including phenoxy) is 1. The van der Waals surface area contributed by atoms with Gasteiger partial charge in [0, 0.05) is 51.4 Å². The zero-order valence-electron chi connectivity index (χ0n) is 18.7. The lowest BCUT2D eigenvalue weighted by Crippen LogP contribution is -2.50. The van der Waals surface area contributed by atoms with E-state index < -0.39 is 0 Å². The van der Waals surface area contributed by atoms with Crippen molar-refractivity contribution < 1.29 is 9.53 Å². The maximum Gasteiger partial charge on any atom is 0.251 e. The highest BCUT2D eigenvalue weighted by atomic mass is 127. The maximum absolute atomic E-state index is 11.9. The van der Waals surface area contributed by atoms with Crippen LogP contribution in [-0.4, -0.2) is 69.2 Å². The van der Waals surface area contributed by atoms with Gasteiger partial charge in [-0.1, -0.05) is 26.0 Å². The largest absolute Gasteiger partial charge is 0.379 e. The molecule has 3 N–H and O–H groups in total. The second-order valence-electron chi connectivity index (χ2n) is 7.79. The third-order valence-corrected chi connectivity index (χ3v) is 5.05. The zero-order valence-corrected chi connectivity index (χ0v) is 21.1. The molecule has 1 unspecified atom stereocenters. The van der Waals surface area contributed by atoms with Crippen LogP contribution in [0.15, 0.2) is 29.3 Å². The first-order valence-electron chi connectivity index (χ1n) is 10.7. The van der Waals surface area contributed by atoms with E-state index in [0.717, 1.165) is 50.8 Å². The molecule has 1 aromatic rings. The first-order chi connectivity index (χ1) is 14.0. The van der Waals surface area contributed by atoms with E-state index in [1.54, 1.807) is 7.05 Å². The predicted molar refractivity (Wildman–Crippen MR) is 134 cm³/mol. The van der Waals surface area contributed by atoms with E-state index in [1.807, 2.05) is 31.2 Å². The van der Waals surface area contributed by atoms with Crippen LogP contribution in [0.2, 0.25) is 0 Å². The Balaban J connectivity index is 0.00000450. The molecule has 8 heteroatoms. The zero-order chi connectivity index (χ0) is 21.1. The first kappa shape index (κ1) is 26.6. The molecule has 1 aliphatic rings. The van der Waals surface area contributed by atoms with Gasteiger partial charge in [0.2, 0.25) is 0 Å². The number of amides is 1. The number of nitrogens with zero attached hydrogens (tertiary/aromatic N) is 2. The lowest BCUT2D eigenvalue weighted by molar-refractivity contribution is 0.0132. The molecule has 1 fully saturated rings. The van der Waals surface area contributed by atoms with E-state index in [-0.39, 0.29) is 29.9 Å². The summed E-state index contributed by atoms with van der Waals surface area (Å²) >= 11 is 0. The van der Waals surface area contributed by atoms with Gasteiger partial charge in [-0.05, 0) is 37.0 Å². The van der Waals surface area contributed by atoms with E-state index in [4.69, 9.17) is 4.74 Å². The van der Waals surface area contributed by atoms with E-state index in [9.17, 15) is 4.79 Å². The molecular weight excluding hydrogens is 493 g/mol. The van der Waals surface area contributed by atoms with Gasteiger partial charge >= 0.3 is 0 Å². The number of rotatable bonds is 9. The smallest absolute Gasteiger partial charge is 0.251 e. The lowest BCUT2D eigenvalue weighted by Gasteiger charge is -2.35. The molecule has 1 atom stereocenters. The van der Waals surface area contributed by atoms with Gasteiger partial charge in [0.05, 0.1) is 13.2 Å². The van der Waals surface area contributed by atoms with Crippen molar-refractivity contribution in [1.29, 1.82) is 0 Å². The summed E-state index contributed by atoms with van der Waals surface area (Å²) < 4.78 is 5.50. The molecule has 0 spiro atoms. The van der Waals surface area contributed by atoms with Gasteiger partial charge in [0.25, 0.3) is 5.91 Å². The number of halogens is 1. The standard InChI is InChI=1S/C22H37N5O2.HI/c1-5-24-21(28)19-8-6-18(7-9-19)15-25-22(23-4)26-16-20(14-17(2)3)27-10-12-29-13-11-27;/h6-9,17,20H,5,10-16H2,1-4H3,(H,24,28)(H2,23,25,26);1H. The molecular formula is C22H38IN5O2. The number of guanidine groups is 1. The van der Waals surface area contributed by atoms with Crippen LogP contribution in [0.25, 0.3) is 0 Å². The Kier molecular flexibility index (Phi) is 13.0. The lowest BCUT2D eigenvalue weighted by atomic mass is 10.0. The van der Waals surface area contributed by atoms with Crippen LogP contribution in [-0.2, 0) is 11.3 Å². The Bertz CT molecular complexity index is 645. The molecule has 7 nitrogen and oxygen atoms in total. The number of hydrogen-bond donors (Lipinski definition) is 3. The van der Waals surface area contributed by atoms with Crippen molar-refractivity contribution in [2.45, 2.75) is 39.8 Å². The molecule has 1 aliphatic heterocycles. The Morgan fingerprint density at radius 1 is 1.13 bits per heavy atom. The molecule has 170 valence electrons. The molecule has 30 heavy (non-hydrogen) atoms. The highest BCUT2D eigenvalue weighted by molar-refractivity contribution is 14.0. The number of benzene rings is 1. The molecule has 0 aromatic heterocycles. The summed E-state index contributed by atoms with van der Waals surface area (Å²) in [4.78, 5) is 18.7. The minimum absolute atomic E-state index is 0. The van der Waals surface area contributed by atoms with Gasteiger partial charge in [-0.15, -0.1) is 24.0 Å². The van der Waals surface area contributed by atoms with Gasteiger partial charge in [-0.3, -0.25) is 14.7 Å². The number of nitrogens with one attached hydrogen (secondary N) is 3. The minimum Gasteiger partial charge on any atom is -0.379 e. The summed E-state index contributed by atoms with van der Waals surface area (Å²) in [6.07, 6.45) is 1.14. The second kappa shape index (κ2) is 14.6. The molecule has 1 aromatic carbocycles. The fourth-order valence-corrected chi connectivity index (χ4v) is 3.51. The van der Waals surface area contributed by atoms with Crippen LogP contribution in [0.5, 0.6) is 0 Å². The molecule has 2 rings (SSSR count). The van der Waals surface area contributed by atoms with Crippen LogP contribution in [0.4, 0.5) is 0 Å². The quantitative estimate of drug-likeness (QED) is 0.259. The molecule has 0 saturated carbocycles. The Labute approximate surface area is 198 Å². The average Bonchev–Trinajstić information content (AvgIpc) is 2.74. The topological polar surface area (TPSA) is 78.0 Å². The summed E-state index contributed by atoms with van der Waals surface area (Å²) in [6, 6.07) is 8.12. The Morgan fingerprint density at radius 3 is 2.37 bits per heavy atom. The highest BCUT2D eigenvalue weighted by Crippen LogP contribution is 2.13. The molecule has 0 bridgehead atoms. The van der Waals surface area contributed by atoms with Gasteiger partial charge in [-0.2, -0.15) is 0 Å². The highest BCUT2D eigenvalue weighted by Gasteiger charge is 2.22. The number of aliphatic imine (C=N–C) groups is 1. The van der Waals surface area contributed by atoms with Gasteiger partial charge in [0.1, 0.15) is 0 Å². The van der Waals surface area contributed by atoms with Crippen LogP contribution < -0.4 is 16.0 Å². The van der Waals surface area contributed by atoms with Crippen LogP contribution in [0.1, 0.15) is 43.1 Å². The Morgan fingerprint density at radius 2 is 1.80 bits per heavy atom. The van der Waals surface area contributed by atoms with Gasteiger partial charge < -0.3 is 20.7 Å². The summed E-state index contributed by atoms with van der Waals surface area (Å²) in [6.45, 7) is 12.2. The first-order valence-corrected chi connectivity index (χ1v) is 10.7. The maximum atomic E-state index is 11.9. The van der Waals surface area contributed by atoms with Crippen molar-refractivity contribution in [2.75, 3.05) is 46.4 Å². The number of carbonyl (C=O) groups is 1. The van der Waals surface area contributed by atoms with Crippen molar-refractivity contribution in [1.82, 2.24) is 20.9 Å². The number of morpholine rings is 1. The van der Waals surface area contributed by atoms with Gasteiger partial charge in [-0.25, -0.2) is 0 Å². The molecule has 1 heterocycles. The average molecular weight is 531 g/mol. The normalized spacial score (nSPS) is 16.0. The molecule has 0 aliphatic carbocycles. The van der Waals surface area contributed by atoms with E-state index in [1.165, 1.54) is 0 Å². The molecule has 1 amide bonds. The fourth-order valence-electron chi connectivity index (χ4n) is 3.51. The Hall–Kier alpha value is -1.39. The fraction of sp³-hybridized carbons (Fsp3) is 0.636. The third kappa shape index (κ3) is 9.18. The van der Waals surface area contributed by atoms with Crippen LogP contribution in [0, 0.1) is 5.92 Å². The monoisotopic (exact) mass is 531 g/mol. The van der Waals surface area contributed by atoms with E-state index in [0.29, 0.717) is 30.6 Å². The summed E-state index contributed by atoms with van der Waals surface area (Å²) in [5.41, 5.74) is 1.79. The van der Waals surface area contributed by atoms with Crippen LogP contribution in [0.3, 0.4) is 0 Å². The molecule has 0 radical (unpaired) electrons. The molecule has 1 saturated heterocycles. The summed E-state index contributed by atoms with van der Waals surface area (Å²) in [5.74, 6) is 1.40. The second-order valence-corrected chi connectivity index (χ2v) is 7.79. The van der Waals surface area contributed by atoms with Crippen molar-refractivity contribution in [3.05, 3.63) is 35.4 Å². The minimum atomic E-state index is -0.0382. The summed E-state index contributed by atoms with van der Waals surface area (Å²) in [5, 5.41) is 9.66. The predicted octanol–water partition coefficient (Wildman–Crippen LogP) is 2.47. The van der Waals surface area contributed by atoms with Gasteiger partial charge in [0.15, 0.2) is 5.96 Å². The summed E-state index contributed by atoms with van der Waals surface area (Å²) in [7, 11) is 1.79. The van der Waals surface area contributed by atoms with Crippen molar-refractivity contribution in [3.63, 3.8) is 0 Å². The van der Waals surface area contributed by atoms with Crippen LogP contribution >= 0.6 is 24.0 Å². The van der Waals surface area contributed by atoms with E-state index in [2.05, 4.69) is 39.7 Å². The van der Waals surface area contributed by atoms with Crippen molar-refractivity contribution in [3.8, 4) is 0 Å². The van der Waals surface area contributed by atoms with Crippen molar-refractivity contribution >= 4 is 35.8 Å². The van der Waals surface area contributed by atoms with Crippen molar-refractivity contribution in [2.24, 2.45) is 10.9 Å². The SMILES string of the molecule is CCNC(=O)c1ccc(CNC(=NC)NCC(CC(C)C)N2CCOCC2)cc1.I. The number of hydrogen-bond acceptors (Lipinski definition) is 4. The third-order valence-electron chi connectivity index (χ3n) is 5.05. The number of carbonyl (C=O) groups excluding carboxylic acids is 1. The van der Waals surface area contributed by atoms with E-state index >= 15 is 0 Å².